The van der Waals surface area contributed by atoms with Gasteiger partial charge in [0.25, 0.3) is 0 Å². The summed E-state index contributed by atoms with van der Waals surface area (Å²) in [6.07, 6.45) is 5.40. The Morgan fingerprint density at radius 1 is 1.44 bits per heavy atom. The van der Waals surface area contributed by atoms with E-state index in [0.717, 1.165) is 12.8 Å². The first-order valence-corrected chi connectivity index (χ1v) is 7.78. The smallest absolute Gasteiger partial charge is 0.325 e. The van der Waals surface area contributed by atoms with Gasteiger partial charge in [-0.2, -0.15) is 0 Å². The fraction of sp³-hybridized carbons (Fsp3) is 0.727. The van der Waals surface area contributed by atoms with Gasteiger partial charge in [0, 0.05) is 0 Å². The molecule has 0 aromatic carbocycles. The minimum atomic E-state index is -3.94. The quantitative estimate of drug-likeness (QED) is 0.253. The molecule has 7 heteroatoms. The first kappa shape index (κ1) is 17.3. The van der Waals surface area contributed by atoms with E-state index in [1.54, 1.807) is 12.2 Å². The van der Waals surface area contributed by atoms with Crippen LogP contribution in [0.2, 0.25) is 0 Å². The number of carbonyl (C=O) groups is 1. The maximum absolute atomic E-state index is 11.3. The van der Waals surface area contributed by atoms with Crippen LogP contribution in [0, 0.1) is 0 Å². The second-order valence-corrected chi connectivity index (χ2v) is 5.79. The van der Waals surface area contributed by atoms with E-state index in [0.29, 0.717) is 13.0 Å². The Hall–Kier alpha value is -0.680. The van der Waals surface area contributed by atoms with Crippen LogP contribution in [0.15, 0.2) is 12.2 Å². The van der Waals surface area contributed by atoms with Gasteiger partial charge in [0.1, 0.15) is 6.04 Å². The third-order valence-electron chi connectivity index (χ3n) is 2.19. The lowest BCUT2D eigenvalue weighted by Gasteiger charge is -2.08. The molecule has 0 heterocycles. The summed E-state index contributed by atoms with van der Waals surface area (Å²) in [6, 6.07) is -0.715. The van der Waals surface area contributed by atoms with E-state index >= 15 is 0 Å². The van der Waals surface area contributed by atoms with E-state index in [1.165, 1.54) is 0 Å². The van der Waals surface area contributed by atoms with Gasteiger partial charge >= 0.3 is 13.6 Å². The van der Waals surface area contributed by atoms with E-state index in [4.69, 9.17) is 20.3 Å². The normalized spacial score (nSPS) is 13.8. The summed E-state index contributed by atoms with van der Waals surface area (Å²) in [5.41, 5.74) is 5.59. The molecular formula is C11H22NO5P. The van der Waals surface area contributed by atoms with Crippen LogP contribution in [0.5, 0.6) is 0 Å². The summed E-state index contributed by atoms with van der Waals surface area (Å²) in [6.45, 7) is 2.38. The van der Waals surface area contributed by atoms with Gasteiger partial charge in [-0.3, -0.25) is 9.36 Å². The van der Waals surface area contributed by atoms with Crippen molar-refractivity contribution in [2.45, 2.75) is 38.6 Å². The zero-order valence-corrected chi connectivity index (χ0v) is 11.5. The SMILES string of the molecule is CCCCOC(=O)C(N)C/C=C/CCP(=O)(O)O. The van der Waals surface area contributed by atoms with E-state index in [-0.39, 0.29) is 12.6 Å². The van der Waals surface area contributed by atoms with E-state index in [2.05, 4.69) is 0 Å². The number of ether oxygens (including phenoxy) is 1. The Kier molecular flexibility index (Phi) is 8.93. The van der Waals surface area contributed by atoms with Crippen molar-refractivity contribution in [1.82, 2.24) is 0 Å². The fourth-order valence-electron chi connectivity index (χ4n) is 1.12. The molecule has 18 heavy (non-hydrogen) atoms. The molecule has 0 aromatic rings. The van der Waals surface area contributed by atoms with Gasteiger partial charge in [0.15, 0.2) is 0 Å². The monoisotopic (exact) mass is 279 g/mol. The summed E-state index contributed by atoms with van der Waals surface area (Å²) in [5, 5.41) is 0. The summed E-state index contributed by atoms with van der Waals surface area (Å²) in [7, 11) is -3.94. The van der Waals surface area contributed by atoms with Crippen LogP contribution >= 0.6 is 7.60 Å². The van der Waals surface area contributed by atoms with Gasteiger partial charge in [0.2, 0.25) is 0 Å². The number of nitrogens with two attached hydrogens (primary N) is 1. The molecule has 0 radical (unpaired) electrons. The highest BCUT2D eigenvalue weighted by atomic mass is 31.2. The van der Waals surface area contributed by atoms with Crippen LogP contribution in [0.4, 0.5) is 0 Å². The Morgan fingerprint density at radius 3 is 2.67 bits per heavy atom. The molecule has 0 spiro atoms. The Balaban J connectivity index is 3.74. The maximum Gasteiger partial charge on any atom is 0.325 e. The van der Waals surface area contributed by atoms with Gasteiger partial charge in [-0.25, -0.2) is 0 Å². The number of allylic oxidation sites excluding steroid dienone is 1. The third kappa shape index (κ3) is 10.5. The summed E-state index contributed by atoms with van der Waals surface area (Å²) in [5.74, 6) is -0.442. The molecule has 1 unspecified atom stereocenters. The molecule has 0 bridgehead atoms. The average Bonchev–Trinajstić information content (AvgIpc) is 2.27. The van der Waals surface area contributed by atoms with Crippen molar-refractivity contribution in [2.75, 3.05) is 12.8 Å². The molecular weight excluding hydrogens is 257 g/mol. The lowest BCUT2D eigenvalue weighted by atomic mass is 10.2. The summed E-state index contributed by atoms with van der Waals surface area (Å²) >= 11 is 0. The number of rotatable bonds is 9. The highest BCUT2D eigenvalue weighted by Gasteiger charge is 2.13. The molecule has 4 N–H and O–H groups in total. The molecule has 106 valence electrons. The van der Waals surface area contributed by atoms with Crippen molar-refractivity contribution in [3.05, 3.63) is 12.2 Å². The van der Waals surface area contributed by atoms with Crippen LogP contribution in [0.1, 0.15) is 32.6 Å². The van der Waals surface area contributed by atoms with Crippen molar-refractivity contribution in [3.63, 3.8) is 0 Å². The second kappa shape index (κ2) is 9.28. The summed E-state index contributed by atoms with van der Waals surface area (Å²) < 4.78 is 15.5. The predicted molar refractivity (Wildman–Crippen MR) is 69.1 cm³/mol. The number of esters is 1. The minimum absolute atomic E-state index is 0.195. The van der Waals surface area contributed by atoms with Crippen molar-refractivity contribution >= 4 is 13.6 Å². The second-order valence-electron chi connectivity index (χ2n) is 4.01. The first-order valence-electron chi connectivity index (χ1n) is 5.98. The van der Waals surface area contributed by atoms with Gasteiger partial charge in [-0.1, -0.05) is 25.5 Å². The predicted octanol–water partition coefficient (Wildman–Crippen LogP) is 1.17. The van der Waals surface area contributed by atoms with E-state index < -0.39 is 19.6 Å². The van der Waals surface area contributed by atoms with Crippen molar-refractivity contribution in [1.29, 1.82) is 0 Å². The maximum atomic E-state index is 11.3. The summed E-state index contributed by atoms with van der Waals surface area (Å²) in [4.78, 5) is 28.6. The van der Waals surface area contributed by atoms with Crippen molar-refractivity contribution in [3.8, 4) is 0 Å². The van der Waals surface area contributed by atoms with Crippen molar-refractivity contribution in [2.24, 2.45) is 5.73 Å². The molecule has 0 saturated heterocycles. The molecule has 0 aliphatic rings. The van der Waals surface area contributed by atoms with Crippen LogP contribution < -0.4 is 5.73 Å². The number of unbranched alkanes of at least 4 members (excludes halogenated alkanes) is 1. The standard InChI is InChI=1S/C11H22NO5P/c1-2-3-8-17-11(13)10(12)7-5-4-6-9-18(14,15)16/h4-5,10H,2-3,6-9,12H2,1H3,(H2,14,15,16)/b5-4+. The molecule has 0 rings (SSSR count). The third-order valence-corrected chi connectivity index (χ3v) is 3.03. The molecule has 0 amide bonds. The highest BCUT2D eigenvalue weighted by molar-refractivity contribution is 7.51. The Labute approximate surface area is 107 Å². The number of hydrogen-bond donors (Lipinski definition) is 3. The lowest BCUT2D eigenvalue weighted by molar-refractivity contribution is -0.145. The fourth-order valence-corrected chi connectivity index (χ4v) is 1.61. The van der Waals surface area contributed by atoms with Gasteiger partial charge < -0.3 is 20.3 Å². The molecule has 0 aromatic heterocycles. The van der Waals surface area contributed by atoms with Crippen molar-refractivity contribution < 1.29 is 23.9 Å². The first-order chi connectivity index (χ1) is 8.37. The number of hydrogen-bond acceptors (Lipinski definition) is 4. The van der Waals surface area contributed by atoms with Gasteiger partial charge in [0.05, 0.1) is 12.8 Å². The Morgan fingerprint density at radius 2 is 2.11 bits per heavy atom. The van der Waals surface area contributed by atoms with Crippen LogP contribution in [-0.2, 0) is 14.1 Å². The van der Waals surface area contributed by atoms with Crippen LogP contribution in [0.3, 0.4) is 0 Å². The lowest BCUT2D eigenvalue weighted by Crippen LogP contribution is -2.31. The topological polar surface area (TPSA) is 110 Å². The zero-order chi connectivity index (χ0) is 14.0. The molecule has 0 fully saturated rings. The molecule has 6 nitrogen and oxygen atoms in total. The largest absolute Gasteiger partial charge is 0.465 e. The highest BCUT2D eigenvalue weighted by Crippen LogP contribution is 2.34. The minimum Gasteiger partial charge on any atom is -0.465 e. The Bertz CT molecular complexity index is 313. The van der Waals surface area contributed by atoms with E-state index in [1.807, 2.05) is 6.92 Å². The number of carbonyl (C=O) groups excluding carboxylic acids is 1. The molecule has 0 aliphatic carbocycles. The van der Waals surface area contributed by atoms with Crippen LogP contribution in [-0.4, -0.2) is 34.6 Å². The van der Waals surface area contributed by atoms with Gasteiger partial charge in [-0.15, -0.1) is 0 Å². The molecule has 1 atom stereocenters. The van der Waals surface area contributed by atoms with Gasteiger partial charge in [-0.05, 0) is 19.3 Å². The van der Waals surface area contributed by atoms with Crippen LogP contribution in [0.25, 0.3) is 0 Å². The van der Waals surface area contributed by atoms with E-state index in [9.17, 15) is 9.36 Å². The zero-order valence-electron chi connectivity index (χ0n) is 10.6. The molecule has 0 aliphatic heterocycles. The average molecular weight is 279 g/mol. The molecule has 0 saturated carbocycles.